The van der Waals surface area contributed by atoms with E-state index in [4.69, 9.17) is 0 Å². The molecule has 5 heteroatoms. The zero-order chi connectivity index (χ0) is 12.3. The fourth-order valence-electron chi connectivity index (χ4n) is 1.77. The normalized spacial score (nSPS) is 19.3. The van der Waals surface area contributed by atoms with Gasteiger partial charge in [-0.2, -0.15) is 11.8 Å². The smallest absolute Gasteiger partial charge is 0.251 e. The van der Waals surface area contributed by atoms with Crippen LogP contribution in [0.15, 0.2) is 27.1 Å². The van der Waals surface area contributed by atoms with Crippen molar-refractivity contribution in [1.82, 2.24) is 5.32 Å². The molecule has 0 spiro atoms. The maximum Gasteiger partial charge on any atom is 0.251 e. The average molecular weight is 379 g/mol. The lowest BCUT2D eigenvalue weighted by atomic mass is 10.1. The predicted molar refractivity (Wildman–Crippen MR) is 79.6 cm³/mol. The molecule has 2 nitrogen and oxygen atoms in total. The number of thioether (sulfide) groups is 1. The molecular formula is C12H13Br2NOS. The summed E-state index contributed by atoms with van der Waals surface area (Å²) in [5, 5.41) is 3.00. The number of rotatable bonds is 3. The number of hydrogen-bond donors (Lipinski definition) is 1. The van der Waals surface area contributed by atoms with Gasteiger partial charge in [0, 0.05) is 21.1 Å². The van der Waals surface area contributed by atoms with Crippen molar-refractivity contribution in [3.8, 4) is 0 Å². The molecular weight excluding hydrogens is 366 g/mol. The van der Waals surface area contributed by atoms with Crippen LogP contribution in [0.4, 0.5) is 0 Å². The summed E-state index contributed by atoms with van der Waals surface area (Å²) >= 11 is 8.74. The topological polar surface area (TPSA) is 29.1 Å². The molecule has 1 aliphatic heterocycles. The van der Waals surface area contributed by atoms with Gasteiger partial charge >= 0.3 is 0 Å². The fourth-order valence-corrected chi connectivity index (χ4v) is 4.35. The van der Waals surface area contributed by atoms with Crippen molar-refractivity contribution in [2.45, 2.75) is 6.42 Å². The van der Waals surface area contributed by atoms with Crippen molar-refractivity contribution in [1.29, 1.82) is 0 Å². The minimum atomic E-state index is 0.00361. The molecule has 0 aliphatic carbocycles. The first kappa shape index (κ1) is 13.4. The van der Waals surface area contributed by atoms with Crippen LogP contribution in [0.1, 0.15) is 16.8 Å². The van der Waals surface area contributed by atoms with Crippen molar-refractivity contribution >= 4 is 49.5 Å². The van der Waals surface area contributed by atoms with Gasteiger partial charge in [0.15, 0.2) is 0 Å². The molecule has 2 rings (SSSR count). The number of amides is 1. The van der Waals surface area contributed by atoms with Crippen LogP contribution in [0.3, 0.4) is 0 Å². The Kier molecular flexibility index (Phi) is 4.94. The Morgan fingerprint density at radius 1 is 1.35 bits per heavy atom. The summed E-state index contributed by atoms with van der Waals surface area (Å²) < 4.78 is 1.82. The van der Waals surface area contributed by atoms with Gasteiger partial charge in [0.05, 0.1) is 0 Å². The Labute approximate surface area is 122 Å². The first-order valence-corrected chi connectivity index (χ1v) is 8.21. The fraction of sp³-hybridized carbons (Fsp3) is 0.417. The second kappa shape index (κ2) is 6.25. The van der Waals surface area contributed by atoms with Crippen molar-refractivity contribution in [3.63, 3.8) is 0 Å². The molecule has 1 fully saturated rings. The third-order valence-corrected chi connectivity index (χ3v) is 4.85. The molecule has 0 saturated carbocycles. The maximum atomic E-state index is 11.9. The van der Waals surface area contributed by atoms with Crippen molar-refractivity contribution in [2.75, 3.05) is 18.1 Å². The third kappa shape index (κ3) is 4.00. The van der Waals surface area contributed by atoms with Crippen LogP contribution in [0, 0.1) is 5.92 Å². The van der Waals surface area contributed by atoms with Crippen LogP contribution in [0.5, 0.6) is 0 Å². The largest absolute Gasteiger partial charge is 0.352 e. The summed E-state index contributed by atoms with van der Waals surface area (Å²) in [6, 6.07) is 5.59. The Balaban J connectivity index is 1.94. The molecule has 1 aromatic rings. The summed E-state index contributed by atoms with van der Waals surface area (Å²) in [6.45, 7) is 0.788. The molecule has 92 valence electrons. The number of halogens is 2. The SMILES string of the molecule is O=C(NCC1CCSC1)c1cc(Br)cc(Br)c1. The summed E-state index contributed by atoms with van der Waals surface area (Å²) in [6.07, 6.45) is 1.22. The molecule has 0 aromatic heterocycles. The number of carbonyl (C=O) groups excluding carboxylic acids is 1. The van der Waals surface area contributed by atoms with Gasteiger partial charge in [0.1, 0.15) is 0 Å². The van der Waals surface area contributed by atoms with E-state index in [1.165, 1.54) is 17.9 Å². The summed E-state index contributed by atoms with van der Waals surface area (Å²) in [5.74, 6) is 3.04. The van der Waals surface area contributed by atoms with Gasteiger partial charge in [-0.25, -0.2) is 0 Å². The minimum Gasteiger partial charge on any atom is -0.352 e. The van der Waals surface area contributed by atoms with E-state index in [-0.39, 0.29) is 5.91 Å². The zero-order valence-electron chi connectivity index (χ0n) is 9.21. The van der Waals surface area contributed by atoms with E-state index in [1.807, 2.05) is 30.0 Å². The minimum absolute atomic E-state index is 0.00361. The number of carbonyl (C=O) groups is 1. The first-order valence-electron chi connectivity index (χ1n) is 5.47. The lowest BCUT2D eigenvalue weighted by molar-refractivity contribution is 0.0948. The Hall–Kier alpha value is -0.000000000000000111. The van der Waals surface area contributed by atoms with E-state index in [9.17, 15) is 4.79 Å². The molecule has 17 heavy (non-hydrogen) atoms. The molecule has 0 bridgehead atoms. The highest BCUT2D eigenvalue weighted by molar-refractivity contribution is 9.11. The van der Waals surface area contributed by atoms with Gasteiger partial charge < -0.3 is 5.32 Å². The monoisotopic (exact) mass is 377 g/mol. The average Bonchev–Trinajstić information content (AvgIpc) is 2.77. The first-order chi connectivity index (χ1) is 8.15. The van der Waals surface area contributed by atoms with Gasteiger partial charge in [-0.3, -0.25) is 4.79 Å². The molecule has 0 radical (unpaired) electrons. The van der Waals surface area contributed by atoms with Crippen LogP contribution in [-0.4, -0.2) is 24.0 Å². The van der Waals surface area contributed by atoms with E-state index in [1.54, 1.807) is 0 Å². The van der Waals surface area contributed by atoms with Gasteiger partial charge in [0.25, 0.3) is 5.91 Å². The van der Waals surface area contributed by atoms with E-state index in [0.717, 1.165) is 15.5 Å². The zero-order valence-corrected chi connectivity index (χ0v) is 13.2. The summed E-state index contributed by atoms with van der Waals surface area (Å²) in [5.41, 5.74) is 0.692. The van der Waals surface area contributed by atoms with Gasteiger partial charge in [-0.15, -0.1) is 0 Å². The summed E-state index contributed by atoms with van der Waals surface area (Å²) in [4.78, 5) is 11.9. The van der Waals surface area contributed by atoms with Crippen LogP contribution in [0.2, 0.25) is 0 Å². The standard InChI is InChI=1S/C12H13Br2NOS/c13-10-3-9(4-11(14)5-10)12(16)15-6-8-1-2-17-7-8/h3-5,8H,1-2,6-7H2,(H,15,16). The van der Waals surface area contributed by atoms with Crippen molar-refractivity contribution in [3.05, 3.63) is 32.7 Å². The molecule has 1 unspecified atom stereocenters. The van der Waals surface area contributed by atoms with Crippen LogP contribution >= 0.6 is 43.6 Å². The molecule has 1 atom stereocenters. The number of nitrogens with one attached hydrogen (secondary N) is 1. The second-order valence-corrected chi connectivity index (χ2v) is 7.08. The Morgan fingerprint density at radius 3 is 2.65 bits per heavy atom. The lowest BCUT2D eigenvalue weighted by Gasteiger charge is -2.10. The van der Waals surface area contributed by atoms with Crippen LogP contribution in [0.25, 0.3) is 0 Å². The molecule has 1 amide bonds. The van der Waals surface area contributed by atoms with Gasteiger partial charge in [0.2, 0.25) is 0 Å². The van der Waals surface area contributed by atoms with E-state index < -0.39 is 0 Å². The summed E-state index contributed by atoms with van der Waals surface area (Å²) in [7, 11) is 0. The number of hydrogen-bond acceptors (Lipinski definition) is 2. The molecule has 1 aromatic carbocycles. The van der Waals surface area contributed by atoms with Gasteiger partial charge in [-0.05, 0) is 42.0 Å². The third-order valence-electron chi connectivity index (χ3n) is 2.70. The quantitative estimate of drug-likeness (QED) is 0.868. The maximum absolute atomic E-state index is 11.9. The van der Waals surface area contributed by atoms with Crippen LogP contribution in [-0.2, 0) is 0 Å². The number of benzene rings is 1. The highest BCUT2D eigenvalue weighted by Crippen LogP contribution is 2.23. The highest BCUT2D eigenvalue weighted by atomic mass is 79.9. The van der Waals surface area contributed by atoms with E-state index >= 15 is 0 Å². The Bertz CT molecular complexity index is 399. The van der Waals surface area contributed by atoms with Gasteiger partial charge in [-0.1, -0.05) is 31.9 Å². The molecule has 1 aliphatic rings. The van der Waals surface area contributed by atoms with Crippen molar-refractivity contribution < 1.29 is 4.79 Å². The highest BCUT2D eigenvalue weighted by Gasteiger charge is 2.16. The van der Waals surface area contributed by atoms with E-state index in [0.29, 0.717) is 11.5 Å². The molecule has 1 N–H and O–H groups in total. The predicted octanol–water partition coefficient (Wildman–Crippen LogP) is 3.69. The molecule has 1 heterocycles. The molecule has 1 saturated heterocycles. The van der Waals surface area contributed by atoms with Crippen molar-refractivity contribution in [2.24, 2.45) is 5.92 Å². The Morgan fingerprint density at radius 2 is 2.06 bits per heavy atom. The van der Waals surface area contributed by atoms with E-state index in [2.05, 4.69) is 37.2 Å². The second-order valence-electron chi connectivity index (χ2n) is 4.10. The van der Waals surface area contributed by atoms with Crippen LogP contribution < -0.4 is 5.32 Å². The lowest BCUT2D eigenvalue weighted by Crippen LogP contribution is -2.29.